The van der Waals surface area contributed by atoms with Gasteiger partial charge in [0.15, 0.2) is 5.69 Å². The summed E-state index contributed by atoms with van der Waals surface area (Å²) in [5, 5.41) is 2.54. The molecular formula is C29H35NO6S. The number of benzene rings is 1. The number of aromatic nitrogens is 1. The predicted octanol–water partition coefficient (Wildman–Crippen LogP) is 5.94. The molecule has 1 aromatic heterocycles. The van der Waals surface area contributed by atoms with Crippen LogP contribution in [0.5, 0.6) is 5.75 Å². The van der Waals surface area contributed by atoms with Crippen molar-refractivity contribution >= 4 is 23.3 Å². The lowest BCUT2D eigenvalue weighted by Crippen LogP contribution is -2.33. The van der Waals surface area contributed by atoms with Crippen molar-refractivity contribution in [1.29, 1.82) is 0 Å². The van der Waals surface area contributed by atoms with Gasteiger partial charge in [0.1, 0.15) is 23.0 Å². The minimum atomic E-state index is -0.401. The third-order valence-electron chi connectivity index (χ3n) is 8.21. The highest BCUT2D eigenvalue weighted by molar-refractivity contribution is 7.09. The predicted molar refractivity (Wildman–Crippen MR) is 138 cm³/mol. The Bertz CT molecular complexity index is 1160. The van der Waals surface area contributed by atoms with Gasteiger partial charge < -0.3 is 18.9 Å². The standard InChI is InChI=1S/C29H35NO6S/c1-3-33-29(32)24-15-37-28(30-24)25-11-10-21-23(27(35-16(2)31)13-26(21)36-25)14-34-19-8-9-20(17-4-5-17)22(12-19)18-6-7-18/h8-9,12,15,17-18,21,23,25-27H,3-7,10-11,13-14H2,1-2H3/t21-,23-,25-,26+,27-/m1/s1. The first-order chi connectivity index (χ1) is 18.0. The van der Waals surface area contributed by atoms with E-state index in [0.717, 1.165) is 29.5 Å². The van der Waals surface area contributed by atoms with E-state index in [1.165, 1.54) is 55.1 Å². The Labute approximate surface area is 221 Å². The van der Waals surface area contributed by atoms with E-state index in [9.17, 15) is 9.59 Å². The fourth-order valence-corrected chi connectivity index (χ4v) is 7.01. The van der Waals surface area contributed by atoms with Gasteiger partial charge in [0.25, 0.3) is 0 Å². The topological polar surface area (TPSA) is 84.0 Å². The maximum Gasteiger partial charge on any atom is 0.357 e. The summed E-state index contributed by atoms with van der Waals surface area (Å²) in [6.07, 6.45) is 7.14. The molecule has 4 aliphatic rings. The second-order valence-electron chi connectivity index (χ2n) is 10.9. The molecule has 0 radical (unpaired) electrons. The summed E-state index contributed by atoms with van der Waals surface area (Å²) in [5.41, 5.74) is 3.34. The van der Waals surface area contributed by atoms with Crippen LogP contribution in [0.2, 0.25) is 0 Å². The first-order valence-electron chi connectivity index (χ1n) is 13.7. The molecule has 3 saturated carbocycles. The lowest BCUT2D eigenvalue weighted by Gasteiger charge is -2.33. The van der Waals surface area contributed by atoms with Crippen LogP contribution >= 0.6 is 11.3 Å². The van der Waals surface area contributed by atoms with E-state index in [2.05, 4.69) is 23.2 Å². The van der Waals surface area contributed by atoms with Crippen molar-refractivity contribution in [2.24, 2.45) is 11.8 Å². The Morgan fingerprint density at radius 2 is 1.86 bits per heavy atom. The largest absolute Gasteiger partial charge is 0.493 e. The average molecular weight is 526 g/mol. The number of ether oxygens (including phenoxy) is 4. The van der Waals surface area contributed by atoms with Gasteiger partial charge in [-0.05, 0) is 86.5 Å². The molecule has 1 aromatic carbocycles. The van der Waals surface area contributed by atoms with Crippen LogP contribution in [-0.4, -0.2) is 42.3 Å². The highest BCUT2D eigenvalue weighted by atomic mass is 32.1. The Morgan fingerprint density at radius 3 is 2.59 bits per heavy atom. The van der Waals surface area contributed by atoms with Crippen molar-refractivity contribution in [1.82, 2.24) is 4.98 Å². The number of carbonyl (C=O) groups excluding carboxylic acids is 2. The van der Waals surface area contributed by atoms with Gasteiger partial charge in [0, 0.05) is 24.6 Å². The van der Waals surface area contributed by atoms with Gasteiger partial charge in [-0.2, -0.15) is 0 Å². The van der Waals surface area contributed by atoms with E-state index in [-0.39, 0.29) is 36.1 Å². The number of rotatable bonds is 9. The molecule has 0 unspecified atom stereocenters. The Balaban J connectivity index is 1.13. The number of hydrogen-bond donors (Lipinski definition) is 0. The summed E-state index contributed by atoms with van der Waals surface area (Å²) in [4.78, 5) is 28.4. The smallest absolute Gasteiger partial charge is 0.357 e. The van der Waals surface area contributed by atoms with Crippen LogP contribution in [0.4, 0.5) is 0 Å². The number of thiazole rings is 1. The second-order valence-corrected chi connectivity index (χ2v) is 11.8. The van der Waals surface area contributed by atoms with Gasteiger partial charge in [0.05, 0.1) is 19.3 Å². The molecule has 1 aliphatic heterocycles. The molecule has 37 heavy (non-hydrogen) atoms. The van der Waals surface area contributed by atoms with Gasteiger partial charge in [0.2, 0.25) is 0 Å². The molecule has 8 heteroatoms. The molecule has 2 heterocycles. The molecule has 4 fully saturated rings. The number of nitrogens with zero attached hydrogens (tertiary/aromatic N) is 1. The number of esters is 2. The summed E-state index contributed by atoms with van der Waals surface area (Å²) in [6, 6.07) is 6.65. The minimum absolute atomic E-state index is 0.0362. The van der Waals surface area contributed by atoms with Crippen molar-refractivity contribution in [3.8, 4) is 5.75 Å². The maximum atomic E-state index is 12.0. The van der Waals surface area contributed by atoms with E-state index < -0.39 is 5.97 Å². The van der Waals surface area contributed by atoms with Crippen LogP contribution in [0.15, 0.2) is 23.6 Å². The Hall–Kier alpha value is -2.45. The van der Waals surface area contributed by atoms with Crippen molar-refractivity contribution in [3.63, 3.8) is 0 Å². The SMILES string of the molecule is CCOC(=O)c1csc([C@H]2CC[C@@H]3[C@@H](COc4ccc(C5CC5)c(C5CC5)c4)[C@H](OC(C)=O)C[C@@H]3O2)n1. The zero-order chi connectivity index (χ0) is 25.5. The lowest BCUT2D eigenvalue weighted by atomic mass is 9.87. The molecule has 7 nitrogen and oxygen atoms in total. The summed E-state index contributed by atoms with van der Waals surface area (Å²) in [6.45, 7) is 4.08. The maximum absolute atomic E-state index is 12.0. The van der Waals surface area contributed by atoms with Crippen molar-refractivity contribution in [3.05, 3.63) is 45.4 Å². The van der Waals surface area contributed by atoms with Crippen LogP contribution in [0.25, 0.3) is 0 Å². The van der Waals surface area contributed by atoms with Crippen molar-refractivity contribution in [2.75, 3.05) is 13.2 Å². The monoisotopic (exact) mass is 525 g/mol. The third-order valence-corrected chi connectivity index (χ3v) is 9.14. The van der Waals surface area contributed by atoms with Crippen LogP contribution in [0.3, 0.4) is 0 Å². The molecule has 2 aromatic rings. The van der Waals surface area contributed by atoms with Gasteiger partial charge in [-0.15, -0.1) is 11.3 Å². The number of hydrogen-bond acceptors (Lipinski definition) is 8. The molecule has 0 bridgehead atoms. The molecule has 0 amide bonds. The van der Waals surface area contributed by atoms with Gasteiger partial charge in [-0.25, -0.2) is 9.78 Å². The van der Waals surface area contributed by atoms with E-state index in [0.29, 0.717) is 31.2 Å². The molecular weight excluding hydrogens is 490 g/mol. The second kappa shape index (κ2) is 10.4. The highest BCUT2D eigenvalue weighted by Crippen LogP contribution is 2.51. The zero-order valence-corrected chi connectivity index (χ0v) is 22.3. The molecule has 1 saturated heterocycles. The lowest BCUT2D eigenvalue weighted by molar-refractivity contribution is -0.149. The third kappa shape index (κ3) is 5.41. The highest BCUT2D eigenvalue weighted by Gasteiger charge is 2.49. The quantitative estimate of drug-likeness (QED) is 0.375. The summed E-state index contributed by atoms with van der Waals surface area (Å²) >= 11 is 1.43. The van der Waals surface area contributed by atoms with Crippen molar-refractivity contribution < 1.29 is 28.5 Å². The first kappa shape index (κ1) is 24.9. The summed E-state index contributed by atoms with van der Waals surface area (Å²) in [5.74, 6) is 2.01. The van der Waals surface area contributed by atoms with Crippen LogP contribution in [-0.2, 0) is 19.0 Å². The van der Waals surface area contributed by atoms with E-state index in [1.54, 1.807) is 12.3 Å². The first-order valence-corrected chi connectivity index (χ1v) is 14.6. The van der Waals surface area contributed by atoms with Crippen molar-refractivity contribution in [2.45, 2.75) is 88.9 Å². The van der Waals surface area contributed by atoms with Crippen LogP contribution in [0.1, 0.15) is 103 Å². The Morgan fingerprint density at radius 1 is 1.08 bits per heavy atom. The van der Waals surface area contributed by atoms with E-state index in [4.69, 9.17) is 18.9 Å². The fourth-order valence-electron chi connectivity index (χ4n) is 6.15. The average Bonchev–Trinajstić information content (AvgIpc) is 3.81. The number of fused-ring (bicyclic) bond motifs is 1. The normalized spacial score (nSPS) is 29.0. The van der Waals surface area contributed by atoms with Gasteiger partial charge >= 0.3 is 11.9 Å². The van der Waals surface area contributed by atoms with E-state index >= 15 is 0 Å². The van der Waals surface area contributed by atoms with Crippen LogP contribution in [0, 0.1) is 11.8 Å². The molecule has 5 atom stereocenters. The summed E-state index contributed by atoms with van der Waals surface area (Å²) < 4.78 is 23.7. The molecule has 6 rings (SSSR count). The van der Waals surface area contributed by atoms with Gasteiger partial charge in [-0.1, -0.05) is 6.07 Å². The molecule has 198 valence electrons. The molecule has 0 spiro atoms. The summed E-state index contributed by atoms with van der Waals surface area (Å²) in [7, 11) is 0. The van der Waals surface area contributed by atoms with Crippen LogP contribution < -0.4 is 4.74 Å². The molecule has 0 N–H and O–H groups in total. The fraction of sp³-hybridized carbons (Fsp3) is 0.621. The molecule has 3 aliphatic carbocycles. The van der Waals surface area contributed by atoms with Gasteiger partial charge in [-0.3, -0.25) is 4.79 Å². The minimum Gasteiger partial charge on any atom is -0.493 e. The van der Waals surface area contributed by atoms with E-state index in [1.807, 2.05) is 0 Å². The Kier molecular flexibility index (Phi) is 6.97. The zero-order valence-electron chi connectivity index (χ0n) is 21.5. The number of carbonyl (C=O) groups is 2.